The Morgan fingerprint density at radius 2 is 1.10 bits per heavy atom. The third-order valence-corrected chi connectivity index (χ3v) is 8.19. The monoisotopic (exact) mass is 702 g/mol. The Morgan fingerprint density at radius 3 is 1.67 bits per heavy atom. The molecule has 0 radical (unpaired) electrons. The summed E-state index contributed by atoms with van der Waals surface area (Å²) in [6.07, 6.45) is -23.5. The minimum Gasteiger partial charge on any atom is -0.394 e. The predicted octanol–water partition coefficient (Wildman–Crippen LogP) is -6.74. The summed E-state index contributed by atoms with van der Waals surface area (Å²) in [5, 5.41) is 107. The van der Waals surface area contributed by atoms with E-state index >= 15 is 0 Å². The van der Waals surface area contributed by atoms with Gasteiger partial charge in [0.1, 0.15) is 73.2 Å². The lowest BCUT2D eigenvalue weighted by Gasteiger charge is -2.46. The van der Waals surface area contributed by atoms with Crippen molar-refractivity contribution in [3.63, 3.8) is 0 Å². The zero-order valence-corrected chi connectivity index (χ0v) is 26.5. The van der Waals surface area contributed by atoms with E-state index in [0.29, 0.717) is 25.8 Å². The molecule has 20 heteroatoms. The number of unbranched alkanes of at least 4 members (excludes halogenated alkanes) is 1. The number of amides is 2. The molecule has 280 valence electrons. The summed E-state index contributed by atoms with van der Waals surface area (Å²) in [4.78, 5) is 23.7. The Kier molecular flexibility index (Phi) is 16.7. The molecule has 0 saturated carbocycles. The average molecular weight is 703 g/mol. The summed E-state index contributed by atoms with van der Waals surface area (Å²) < 4.78 is 33.1. The van der Waals surface area contributed by atoms with Crippen LogP contribution in [-0.4, -0.2) is 195 Å². The van der Waals surface area contributed by atoms with Crippen LogP contribution in [0.15, 0.2) is 0 Å². The van der Waals surface area contributed by atoms with Gasteiger partial charge in [-0.1, -0.05) is 0 Å². The third-order valence-electron chi connectivity index (χ3n) is 8.19. The molecular weight excluding hydrogens is 652 g/mol. The lowest BCUT2D eigenvalue weighted by molar-refractivity contribution is -0.366. The number of hydrogen-bond acceptors (Lipinski definition) is 18. The molecule has 0 aromatic rings. The van der Waals surface area contributed by atoms with Gasteiger partial charge in [-0.05, 0) is 19.8 Å². The second kappa shape index (κ2) is 19.6. The van der Waals surface area contributed by atoms with Crippen LogP contribution < -0.4 is 10.6 Å². The van der Waals surface area contributed by atoms with Crippen molar-refractivity contribution in [2.75, 3.05) is 39.5 Å². The van der Waals surface area contributed by atoms with Gasteiger partial charge in [0.15, 0.2) is 18.9 Å². The fourth-order valence-electron chi connectivity index (χ4n) is 5.38. The Labute approximate surface area is 276 Å². The van der Waals surface area contributed by atoms with Crippen LogP contribution in [-0.2, 0) is 38.0 Å². The summed E-state index contributed by atoms with van der Waals surface area (Å²) in [5.74, 6) is -0.419. The SMILES string of the molecule is CCNC(=O)CCCCC(=O)NCCO[C@@H]1O[C@H](CO[C@H]2O[C@H](CO)[C@@H](O)[C@H](O)[C@@H]2O)[C@@H](O)[C@H](O[C@H]2O[C@H](CO)[C@@H](O)[C@H](O)[C@@H]2O)[C@@H]1O. The van der Waals surface area contributed by atoms with E-state index in [9.17, 15) is 60.7 Å². The van der Waals surface area contributed by atoms with E-state index in [2.05, 4.69) is 10.6 Å². The van der Waals surface area contributed by atoms with Crippen molar-refractivity contribution in [3.05, 3.63) is 0 Å². The smallest absolute Gasteiger partial charge is 0.220 e. The Hall–Kier alpha value is -1.70. The van der Waals surface area contributed by atoms with Crippen molar-refractivity contribution >= 4 is 11.8 Å². The van der Waals surface area contributed by atoms with Crippen molar-refractivity contribution in [2.45, 2.75) is 125 Å². The zero-order valence-electron chi connectivity index (χ0n) is 26.5. The van der Waals surface area contributed by atoms with Crippen LogP contribution in [0.1, 0.15) is 32.6 Å². The van der Waals surface area contributed by atoms with Gasteiger partial charge < -0.3 is 90.1 Å². The van der Waals surface area contributed by atoms with Crippen molar-refractivity contribution in [3.8, 4) is 0 Å². The van der Waals surface area contributed by atoms with Gasteiger partial charge in [-0.2, -0.15) is 0 Å². The van der Waals surface area contributed by atoms with E-state index in [1.165, 1.54) is 0 Å². The number of ether oxygens (including phenoxy) is 6. The Balaban J connectivity index is 1.63. The normalized spacial score (nSPS) is 40.4. The molecular formula is C28H50N2O18. The minimum absolute atomic E-state index is 0.0332. The molecule has 3 saturated heterocycles. The molecule has 3 rings (SSSR count). The van der Waals surface area contributed by atoms with E-state index in [4.69, 9.17) is 28.4 Å². The summed E-state index contributed by atoms with van der Waals surface area (Å²) in [7, 11) is 0. The fraction of sp³-hybridized carbons (Fsp3) is 0.929. The number of aliphatic hydroxyl groups is 10. The maximum atomic E-state index is 12.2. The highest BCUT2D eigenvalue weighted by Gasteiger charge is 2.52. The highest BCUT2D eigenvalue weighted by atomic mass is 16.7. The standard InChI is InChI=1S/C28H50N2O18/c1-2-29-15(33)5-3-4-6-16(34)30-7-8-43-27-24(42)25(48-28-23(41)21(39)18(36)13(10-32)46-28)19(37)14(47-27)11-44-26-22(40)20(38)17(35)12(9-31)45-26/h12-14,17-28,31-32,35-42H,2-11H2,1H3,(H,29,33)(H,30,34)/t12-,13-,14-,17-,18-,19-,20+,21+,22+,23+,24+,25+,26+,27-,28-/m1/s1. The van der Waals surface area contributed by atoms with Gasteiger partial charge in [0.05, 0.1) is 26.4 Å². The topological polar surface area (TPSA) is 316 Å². The second-order valence-corrected chi connectivity index (χ2v) is 11.7. The van der Waals surface area contributed by atoms with Crippen molar-refractivity contribution < 1.29 is 89.1 Å². The Bertz CT molecular complexity index is 979. The van der Waals surface area contributed by atoms with Crippen molar-refractivity contribution in [1.82, 2.24) is 10.6 Å². The van der Waals surface area contributed by atoms with Crippen LogP contribution in [0.2, 0.25) is 0 Å². The van der Waals surface area contributed by atoms with Gasteiger partial charge in [-0.25, -0.2) is 0 Å². The van der Waals surface area contributed by atoms with E-state index in [-0.39, 0.29) is 31.4 Å². The highest BCUT2D eigenvalue weighted by molar-refractivity contribution is 5.77. The molecule has 0 spiro atoms. The second-order valence-electron chi connectivity index (χ2n) is 11.7. The number of nitrogens with one attached hydrogen (secondary N) is 2. The first-order valence-corrected chi connectivity index (χ1v) is 15.9. The molecule has 3 fully saturated rings. The molecule has 3 heterocycles. The zero-order chi connectivity index (χ0) is 35.5. The summed E-state index contributed by atoms with van der Waals surface area (Å²) in [5.41, 5.74) is 0. The number of rotatable bonds is 17. The number of carbonyl (C=O) groups excluding carboxylic acids is 2. The van der Waals surface area contributed by atoms with E-state index in [1.807, 2.05) is 0 Å². The summed E-state index contributed by atoms with van der Waals surface area (Å²) in [6, 6.07) is 0. The average Bonchev–Trinajstić information content (AvgIpc) is 3.07. The molecule has 0 aromatic heterocycles. The minimum atomic E-state index is -1.88. The van der Waals surface area contributed by atoms with Crippen LogP contribution >= 0.6 is 0 Å². The largest absolute Gasteiger partial charge is 0.394 e. The van der Waals surface area contributed by atoms with Gasteiger partial charge in [-0.3, -0.25) is 9.59 Å². The highest BCUT2D eigenvalue weighted by Crippen LogP contribution is 2.31. The van der Waals surface area contributed by atoms with Crippen molar-refractivity contribution in [2.24, 2.45) is 0 Å². The lowest BCUT2D eigenvalue weighted by Crippen LogP contribution is -2.65. The van der Waals surface area contributed by atoms with E-state index < -0.39 is 112 Å². The van der Waals surface area contributed by atoms with Gasteiger partial charge in [0.2, 0.25) is 11.8 Å². The Morgan fingerprint density at radius 1 is 0.604 bits per heavy atom. The lowest BCUT2D eigenvalue weighted by atomic mass is 9.96. The third kappa shape index (κ3) is 10.7. The van der Waals surface area contributed by atoms with Crippen LogP contribution in [0, 0.1) is 0 Å². The summed E-state index contributed by atoms with van der Waals surface area (Å²) >= 11 is 0. The van der Waals surface area contributed by atoms with Crippen molar-refractivity contribution in [1.29, 1.82) is 0 Å². The molecule has 2 amide bonds. The molecule has 0 aromatic carbocycles. The summed E-state index contributed by atoms with van der Waals surface area (Å²) in [6.45, 7) is -0.0348. The maximum Gasteiger partial charge on any atom is 0.220 e. The maximum absolute atomic E-state index is 12.2. The molecule has 0 aliphatic carbocycles. The van der Waals surface area contributed by atoms with Crippen LogP contribution in [0.25, 0.3) is 0 Å². The molecule has 12 N–H and O–H groups in total. The first-order chi connectivity index (χ1) is 22.8. The predicted molar refractivity (Wildman–Crippen MR) is 155 cm³/mol. The molecule has 3 aliphatic rings. The quantitative estimate of drug-likeness (QED) is 0.0627. The molecule has 15 atom stereocenters. The fourth-order valence-corrected chi connectivity index (χ4v) is 5.38. The number of carbonyl (C=O) groups is 2. The van der Waals surface area contributed by atoms with E-state index in [0.717, 1.165) is 0 Å². The van der Waals surface area contributed by atoms with Crippen LogP contribution in [0.5, 0.6) is 0 Å². The molecule has 48 heavy (non-hydrogen) atoms. The van der Waals surface area contributed by atoms with Gasteiger partial charge in [-0.15, -0.1) is 0 Å². The molecule has 3 aliphatic heterocycles. The number of hydrogen-bond donors (Lipinski definition) is 12. The van der Waals surface area contributed by atoms with Gasteiger partial charge >= 0.3 is 0 Å². The molecule has 0 unspecified atom stereocenters. The first kappa shape index (κ1) is 40.7. The van der Waals surface area contributed by atoms with Gasteiger partial charge in [0, 0.05) is 25.9 Å². The van der Waals surface area contributed by atoms with Gasteiger partial charge in [0.25, 0.3) is 0 Å². The first-order valence-electron chi connectivity index (χ1n) is 15.9. The van der Waals surface area contributed by atoms with Crippen LogP contribution in [0.3, 0.4) is 0 Å². The molecule has 20 nitrogen and oxygen atoms in total. The van der Waals surface area contributed by atoms with Crippen LogP contribution in [0.4, 0.5) is 0 Å². The van der Waals surface area contributed by atoms with E-state index in [1.54, 1.807) is 6.92 Å². The molecule has 0 bridgehead atoms. The number of aliphatic hydroxyl groups excluding tert-OH is 10.